The second-order valence-corrected chi connectivity index (χ2v) is 2.51. The molecule has 0 unspecified atom stereocenters. The Balaban J connectivity index is 2.87. The highest BCUT2D eigenvalue weighted by molar-refractivity contribution is 5.77. The summed E-state index contributed by atoms with van der Waals surface area (Å²) in [6.07, 6.45) is 1.36. The fourth-order valence-corrected chi connectivity index (χ4v) is 0.927. The Bertz CT molecular complexity index is 282. The lowest BCUT2D eigenvalue weighted by molar-refractivity contribution is 1.12. The molecule has 12 heavy (non-hydrogen) atoms. The van der Waals surface area contributed by atoms with Crippen LogP contribution in [0.2, 0.25) is 0 Å². The lowest BCUT2D eigenvalue weighted by Gasteiger charge is -2.11. The molecule has 4 heteroatoms. The molecule has 4 nitrogen and oxygen atoms in total. The summed E-state index contributed by atoms with van der Waals surface area (Å²) in [4.78, 5) is 0. The maximum atomic E-state index is 5.58. The van der Waals surface area contributed by atoms with E-state index >= 15 is 0 Å². The van der Waals surface area contributed by atoms with E-state index in [-0.39, 0.29) is 0 Å². The van der Waals surface area contributed by atoms with Crippen LogP contribution in [-0.2, 0) is 0 Å². The van der Waals surface area contributed by atoms with E-state index in [1.54, 1.807) is 0 Å². The van der Waals surface area contributed by atoms with Gasteiger partial charge in [-0.3, -0.25) is 5.01 Å². The van der Waals surface area contributed by atoms with Crippen LogP contribution in [0.15, 0.2) is 29.4 Å². The van der Waals surface area contributed by atoms with Crippen molar-refractivity contribution in [1.29, 1.82) is 0 Å². The van der Waals surface area contributed by atoms with Crippen LogP contribution in [0, 0.1) is 6.92 Å². The zero-order valence-corrected chi connectivity index (χ0v) is 6.94. The third kappa shape index (κ3) is 1.96. The molecule has 0 saturated heterocycles. The van der Waals surface area contributed by atoms with E-state index in [9.17, 15) is 0 Å². The van der Waals surface area contributed by atoms with Gasteiger partial charge in [0.25, 0.3) is 0 Å². The van der Waals surface area contributed by atoms with Crippen LogP contribution in [0.25, 0.3) is 0 Å². The lowest BCUT2D eigenvalue weighted by atomic mass is 10.2. The number of hydrazine groups is 1. The van der Waals surface area contributed by atoms with Gasteiger partial charge in [0.2, 0.25) is 0 Å². The first kappa shape index (κ1) is 8.55. The average molecular weight is 164 g/mol. The third-order valence-electron chi connectivity index (χ3n) is 1.49. The molecule has 0 aromatic heterocycles. The molecule has 0 bridgehead atoms. The number of hydrazone groups is 1. The largest absolute Gasteiger partial charge is 0.322 e. The van der Waals surface area contributed by atoms with Crippen molar-refractivity contribution in [2.45, 2.75) is 6.92 Å². The van der Waals surface area contributed by atoms with E-state index in [4.69, 9.17) is 11.7 Å². The van der Waals surface area contributed by atoms with Gasteiger partial charge in [-0.05, 0) is 24.6 Å². The summed E-state index contributed by atoms with van der Waals surface area (Å²) < 4.78 is 0. The van der Waals surface area contributed by atoms with Crippen molar-refractivity contribution in [3.05, 3.63) is 29.8 Å². The minimum atomic E-state index is 0.865. The summed E-state index contributed by atoms with van der Waals surface area (Å²) in [6.45, 7) is 2.00. The van der Waals surface area contributed by atoms with Crippen molar-refractivity contribution in [2.75, 3.05) is 5.01 Å². The van der Waals surface area contributed by atoms with Crippen molar-refractivity contribution in [2.24, 2.45) is 16.8 Å². The van der Waals surface area contributed by atoms with Crippen molar-refractivity contribution < 1.29 is 0 Å². The predicted molar refractivity (Wildman–Crippen MR) is 50.5 cm³/mol. The van der Waals surface area contributed by atoms with E-state index in [1.807, 2.05) is 31.2 Å². The molecule has 0 radical (unpaired) electrons. The molecule has 0 atom stereocenters. The number of nitrogens with two attached hydrogens (primary N) is 2. The van der Waals surface area contributed by atoms with Crippen LogP contribution in [0.1, 0.15) is 5.56 Å². The molecule has 1 aromatic carbocycles. The van der Waals surface area contributed by atoms with Crippen LogP contribution in [0.3, 0.4) is 0 Å². The van der Waals surface area contributed by atoms with Gasteiger partial charge in [-0.2, -0.15) is 5.10 Å². The molecular formula is C8H12N4. The highest BCUT2D eigenvalue weighted by Gasteiger charge is 1.96. The van der Waals surface area contributed by atoms with Gasteiger partial charge in [0.05, 0.1) is 5.69 Å². The van der Waals surface area contributed by atoms with Gasteiger partial charge in [0.15, 0.2) is 0 Å². The Kier molecular flexibility index (Phi) is 2.66. The van der Waals surface area contributed by atoms with E-state index in [0.717, 1.165) is 11.3 Å². The summed E-state index contributed by atoms with van der Waals surface area (Å²) in [7, 11) is 0. The summed E-state index contributed by atoms with van der Waals surface area (Å²) in [6, 6.07) is 7.75. The van der Waals surface area contributed by atoms with Crippen molar-refractivity contribution in [3.63, 3.8) is 0 Å². The molecule has 0 spiro atoms. The first-order chi connectivity index (χ1) is 5.74. The highest BCUT2D eigenvalue weighted by Crippen LogP contribution is 2.10. The maximum absolute atomic E-state index is 5.58. The van der Waals surface area contributed by atoms with Crippen LogP contribution in [-0.4, -0.2) is 6.34 Å². The Morgan fingerprint density at radius 2 is 2.25 bits per heavy atom. The smallest absolute Gasteiger partial charge is 0.129 e. The lowest BCUT2D eigenvalue weighted by Crippen LogP contribution is -2.29. The second kappa shape index (κ2) is 3.73. The topological polar surface area (TPSA) is 67.6 Å². The van der Waals surface area contributed by atoms with Crippen molar-refractivity contribution in [1.82, 2.24) is 0 Å². The van der Waals surface area contributed by atoms with Gasteiger partial charge in [-0.1, -0.05) is 12.1 Å². The standard InChI is InChI=1S/C8H12N4/c1-7-3-2-4-8(5-7)12(10)6-11-9/h2-6H,9-10H2,1H3. The Hall–Kier alpha value is -1.55. The number of hydrogen-bond acceptors (Lipinski definition) is 3. The van der Waals surface area contributed by atoms with Crippen molar-refractivity contribution >= 4 is 12.0 Å². The number of nitrogens with zero attached hydrogens (tertiary/aromatic N) is 2. The summed E-state index contributed by atoms with van der Waals surface area (Å²) in [5.41, 5.74) is 2.01. The molecule has 1 rings (SSSR count). The molecule has 64 valence electrons. The Labute approximate surface area is 71.4 Å². The average Bonchev–Trinajstić information content (AvgIpc) is 2.05. The molecule has 0 aliphatic carbocycles. The summed E-state index contributed by atoms with van der Waals surface area (Å²) >= 11 is 0. The highest BCUT2D eigenvalue weighted by atomic mass is 15.4. The van der Waals surface area contributed by atoms with Crippen LogP contribution >= 0.6 is 0 Å². The Morgan fingerprint density at radius 1 is 1.50 bits per heavy atom. The second-order valence-electron chi connectivity index (χ2n) is 2.51. The minimum absolute atomic E-state index is 0.865. The molecular weight excluding hydrogens is 152 g/mol. The number of aryl methyl sites for hydroxylation is 1. The van der Waals surface area contributed by atoms with E-state index in [1.165, 1.54) is 11.3 Å². The zero-order valence-electron chi connectivity index (χ0n) is 6.94. The van der Waals surface area contributed by atoms with Gasteiger partial charge in [-0.25, -0.2) is 5.84 Å². The van der Waals surface area contributed by atoms with Gasteiger partial charge in [-0.15, -0.1) is 0 Å². The van der Waals surface area contributed by atoms with Crippen LogP contribution in [0.4, 0.5) is 5.69 Å². The van der Waals surface area contributed by atoms with Gasteiger partial charge >= 0.3 is 0 Å². The molecule has 0 fully saturated rings. The molecule has 0 saturated carbocycles. The summed E-state index contributed by atoms with van der Waals surface area (Å²) in [5.74, 6) is 10.5. The first-order valence-corrected chi connectivity index (χ1v) is 3.58. The molecule has 4 N–H and O–H groups in total. The molecule has 0 heterocycles. The van der Waals surface area contributed by atoms with Gasteiger partial charge in [0.1, 0.15) is 6.34 Å². The molecule has 1 aromatic rings. The Morgan fingerprint density at radius 3 is 2.83 bits per heavy atom. The fraction of sp³-hybridized carbons (Fsp3) is 0.125. The monoisotopic (exact) mass is 164 g/mol. The SMILES string of the molecule is Cc1cccc(N(N)C=NN)c1. The minimum Gasteiger partial charge on any atom is -0.322 e. The van der Waals surface area contributed by atoms with Crippen LogP contribution in [0.5, 0.6) is 0 Å². The van der Waals surface area contributed by atoms with E-state index in [0.29, 0.717) is 0 Å². The number of rotatable bonds is 2. The molecule has 0 aliphatic rings. The fourth-order valence-electron chi connectivity index (χ4n) is 0.927. The maximum Gasteiger partial charge on any atom is 0.129 e. The number of hydrogen-bond donors (Lipinski definition) is 2. The third-order valence-corrected chi connectivity index (χ3v) is 1.49. The normalized spacial score (nSPS) is 10.5. The van der Waals surface area contributed by atoms with E-state index < -0.39 is 0 Å². The quantitative estimate of drug-likeness (QED) is 0.291. The van der Waals surface area contributed by atoms with Gasteiger partial charge < -0.3 is 5.84 Å². The first-order valence-electron chi connectivity index (χ1n) is 3.58. The van der Waals surface area contributed by atoms with Crippen molar-refractivity contribution in [3.8, 4) is 0 Å². The van der Waals surface area contributed by atoms with Crippen LogP contribution < -0.4 is 16.7 Å². The number of benzene rings is 1. The molecule has 0 amide bonds. The van der Waals surface area contributed by atoms with Gasteiger partial charge in [0, 0.05) is 0 Å². The van der Waals surface area contributed by atoms with E-state index in [2.05, 4.69) is 5.10 Å². The number of anilines is 1. The summed E-state index contributed by atoms with van der Waals surface area (Å²) in [5, 5.41) is 4.69. The zero-order chi connectivity index (χ0) is 8.97. The molecule has 0 aliphatic heterocycles. The predicted octanol–water partition coefficient (Wildman–Crippen LogP) is 0.577.